The lowest BCUT2D eigenvalue weighted by Gasteiger charge is -2.22. The summed E-state index contributed by atoms with van der Waals surface area (Å²) in [6.07, 6.45) is -1.84. The molecule has 134 valence electrons. The van der Waals surface area contributed by atoms with Crippen LogP contribution in [0.15, 0.2) is 18.3 Å². The molecule has 5 nitrogen and oxygen atoms in total. The molecule has 9 heteroatoms. The van der Waals surface area contributed by atoms with Gasteiger partial charge in [0.1, 0.15) is 0 Å². The van der Waals surface area contributed by atoms with Gasteiger partial charge in [-0.05, 0) is 24.4 Å². The van der Waals surface area contributed by atoms with Crippen molar-refractivity contribution in [2.45, 2.75) is 25.7 Å². The molecule has 0 spiro atoms. The standard InChI is InChI=1S/C15H19F4N3O2/c1-14(7-20)4-5-22(8-14)12(23)10-2-3-11(21-6-10)24-9-15(18,19)13(16)17/h2-3,6,13H,4-5,7-9,20H2,1H3. The summed E-state index contributed by atoms with van der Waals surface area (Å²) < 4.78 is 54.2. The number of nitrogens with zero attached hydrogens (tertiary/aromatic N) is 2. The molecule has 0 aromatic carbocycles. The van der Waals surface area contributed by atoms with Gasteiger partial charge in [-0.25, -0.2) is 13.8 Å². The Hall–Kier alpha value is -1.90. The first-order chi connectivity index (χ1) is 11.2. The molecule has 1 fully saturated rings. The minimum Gasteiger partial charge on any atom is -0.471 e. The van der Waals surface area contributed by atoms with E-state index in [-0.39, 0.29) is 22.8 Å². The minimum atomic E-state index is -4.25. The number of ether oxygens (including phenoxy) is 1. The number of nitrogens with two attached hydrogens (primary N) is 1. The van der Waals surface area contributed by atoms with E-state index in [2.05, 4.69) is 9.72 Å². The highest BCUT2D eigenvalue weighted by molar-refractivity contribution is 5.94. The molecule has 24 heavy (non-hydrogen) atoms. The molecule has 1 amide bonds. The van der Waals surface area contributed by atoms with Crippen molar-refractivity contribution in [2.75, 3.05) is 26.2 Å². The normalized spacial score (nSPS) is 21.4. The molecule has 2 heterocycles. The van der Waals surface area contributed by atoms with Crippen LogP contribution in [-0.2, 0) is 0 Å². The second-order valence-corrected chi connectivity index (χ2v) is 6.23. The molecule has 0 aliphatic carbocycles. The average molecular weight is 349 g/mol. The van der Waals surface area contributed by atoms with Gasteiger partial charge in [0.25, 0.3) is 5.91 Å². The van der Waals surface area contributed by atoms with Crippen LogP contribution >= 0.6 is 0 Å². The molecule has 0 radical (unpaired) electrons. The SMILES string of the molecule is CC1(CN)CCN(C(=O)c2ccc(OCC(F)(F)C(F)F)nc2)C1. The predicted molar refractivity (Wildman–Crippen MR) is 78.4 cm³/mol. The number of pyridine rings is 1. The zero-order valence-electron chi connectivity index (χ0n) is 13.1. The molecular formula is C15H19F4N3O2. The lowest BCUT2D eigenvalue weighted by Crippen LogP contribution is -2.34. The minimum absolute atomic E-state index is 0.118. The van der Waals surface area contributed by atoms with E-state index in [0.717, 1.165) is 6.42 Å². The summed E-state index contributed by atoms with van der Waals surface area (Å²) in [5.41, 5.74) is 5.85. The Labute approximate surface area is 136 Å². The summed E-state index contributed by atoms with van der Waals surface area (Å²) in [5.74, 6) is -4.75. The van der Waals surface area contributed by atoms with Crippen LogP contribution in [-0.4, -0.2) is 54.4 Å². The van der Waals surface area contributed by atoms with Crippen LogP contribution in [0, 0.1) is 5.41 Å². The highest BCUT2D eigenvalue weighted by Gasteiger charge is 2.42. The smallest absolute Gasteiger partial charge is 0.340 e. The van der Waals surface area contributed by atoms with Gasteiger partial charge in [-0.3, -0.25) is 4.79 Å². The number of hydrogen-bond acceptors (Lipinski definition) is 4. The molecule has 2 N–H and O–H groups in total. The van der Waals surface area contributed by atoms with Gasteiger partial charge in [0.2, 0.25) is 5.88 Å². The molecule has 0 bridgehead atoms. The predicted octanol–water partition coefficient (Wildman–Crippen LogP) is 2.17. The molecule has 1 saturated heterocycles. The van der Waals surface area contributed by atoms with Gasteiger partial charge in [-0.1, -0.05) is 6.92 Å². The number of aromatic nitrogens is 1. The van der Waals surface area contributed by atoms with Gasteiger partial charge in [-0.2, -0.15) is 8.78 Å². The Bertz CT molecular complexity index is 583. The molecule has 1 aliphatic rings. The fraction of sp³-hybridized carbons (Fsp3) is 0.600. The Kier molecular flexibility index (Phi) is 5.32. The number of hydrogen-bond donors (Lipinski definition) is 1. The van der Waals surface area contributed by atoms with Crippen LogP contribution in [0.25, 0.3) is 0 Å². The summed E-state index contributed by atoms with van der Waals surface area (Å²) in [6, 6.07) is 2.57. The molecule has 0 saturated carbocycles. The van der Waals surface area contributed by atoms with E-state index >= 15 is 0 Å². The molecule has 1 atom stereocenters. The number of amides is 1. The molecule has 1 unspecified atom stereocenters. The Morgan fingerprint density at radius 2 is 2.21 bits per heavy atom. The molecule has 1 aromatic rings. The third-order valence-electron chi connectivity index (χ3n) is 4.05. The number of alkyl halides is 4. The van der Waals surface area contributed by atoms with E-state index in [4.69, 9.17) is 5.73 Å². The van der Waals surface area contributed by atoms with Gasteiger partial charge >= 0.3 is 12.3 Å². The van der Waals surface area contributed by atoms with Crippen LogP contribution < -0.4 is 10.5 Å². The molecular weight excluding hydrogens is 330 g/mol. The summed E-state index contributed by atoms with van der Waals surface area (Å²) >= 11 is 0. The summed E-state index contributed by atoms with van der Waals surface area (Å²) in [7, 11) is 0. The monoisotopic (exact) mass is 349 g/mol. The van der Waals surface area contributed by atoms with Crippen LogP contribution in [0.2, 0.25) is 0 Å². The Balaban J connectivity index is 1.96. The lowest BCUT2D eigenvalue weighted by atomic mass is 9.90. The first-order valence-electron chi connectivity index (χ1n) is 7.41. The summed E-state index contributed by atoms with van der Waals surface area (Å²) in [6.45, 7) is 2.09. The van der Waals surface area contributed by atoms with Crippen LogP contribution in [0.4, 0.5) is 17.6 Å². The average Bonchev–Trinajstić information content (AvgIpc) is 2.96. The van der Waals surface area contributed by atoms with E-state index < -0.39 is 19.0 Å². The van der Waals surface area contributed by atoms with E-state index in [1.54, 1.807) is 4.90 Å². The maximum absolute atomic E-state index is 12.8. The van der Waals surface area contributed by atoms with E-state index in [1.165, 1.54) is 18.3 Å². The quantitative estimate of drug-likeness (QED) is 0.800. The van der Waals surface area contributed by atoms with E-state index in [1.807, 2.05) is 6.92 Å². The fourth-order valence-electron chi connectivity index (χ4n) is 2.37. The van der Waals surface area contributed by atoms with Crippen molar-refractivity contribution in [1.29, 1.82) is 0 Å². The Morgan fingerprint density at radius 3 is 2.71 bits per heavy atom. The maximum Gasteiger partial charge on any atom is 0.340 e. The van der Waals surface area contributed by atoms with Crippen LogP contribution in [0.1, 0.15) is 23.7 Å². The third kappa shape index (κ3) is 4.14. The van der Waals surface area contributed by atoms with Crippen molar-refractivity contribution in [3.05, 3.63) is 23.9 Å². The number of carbonyl (C=O) groups is 1. The molecule has 2 rings (SSSR count). The number of rotatable bonds is 6. The topological polar surface area (TPSA) is 68.5 Å². The molecule has 1 aliphatic heterocycles. The highest BCUT2D eigenvalue weighted by atomic mass is 19.3. The van der Waals surface area contributed by atoms with E-state index in [9.17, 15) is 22.4 Å². The van der Waals surface area contributed by atoms with Crippen molar-refractivity contribution in [3.8, 4) is 5.88 Å². The molecule has 1 aromatic heterocycles. The van der Waals surface area contributed by atoms with Crippen LogP contribution in [0.3, 0.4) is 0 Å². The fourth-order valence-corrected chi connectivity index (χ4v) is 2.37. The largest absolute Gasteiger partial charge is 0.471 e. The van der Waals surface area contributed by atoms with Crippen LogP contribution in [0.5, 0.6) is 5.88 Å². The van der Waals surface area contributed by atoms with Gasteiger partial charge in [0, 0.05) is 25.4 Å². The Morgan fingerprint density at radius 1 is 1.50 bits per heavy atom. The summed E-state index contributed by atoms with van der Waals surface area (Å²) in [5, 5.41) is 0. The number of carbonyl (C=O) groups excluding carboxylic acids is 1. The number of halogens is 4. The van der Waals surface area contributed by atoms with Gasteiger partial charge in [-0.15, -0.1) is 0 Å². The van der Waals surface area contributed by atoms with Gasteiger partial charge in [0.05, 0.1) is 5.56 Å². The van der Waals surface area contributed by atoms with E-state index in [0.29, 0.717) is 19.6 Å². The summed E-state index contributed by atoms with van der Waals surface area (Å²) in [4.78, 5) is 17.7. The first-order valence-corrected chi connectivity index (χ1v) is 7.41. The second-order valence-electron chi connectivity index (χ2n) is 6.23. The maximum atomic E-state index is 12.8. The lowest BCUT2D eigenvalue weighted by molar-refractivity contribution is -0.148. The third-order valence-corrected chi connectivity index (χ3v) is 4.05. The van der Waals surface area contributed by atoms with Gasteiger partial charge in [0.15, 0.2) is 6.61 Å². The highest BCUT2D eigenvalue weighted by Crippen LogP contribution is 2.29. The first kappa shape index (κ1) is 18.4. The van der Waals surface area contributed by atoms with Crippen molar-refractivity contribution in [1.82, 2.24) is 9.88 Å². The van der Waals surface area contributed by atoms with Crippen molar-refractivity contribution in [3.63, 3.8) is 0 Å². The van der Waals surface area contributed by atoms with Gasteiger partial charge < -0.3 is 15.4 Å². The number of likely N-dealkylation sites (tertiary alicyclic amines) is 1. The van der Waals surface area contributed by atoms with Crippen molar-refractivity contribution < 1.29 is 27.1 Å². The zero-order chi connectivity index (χ0) is 18.0. The van der Waals surface area contributed by atoms with Crippen molar-refractivity contribution >= 4 is 5.91 Å². The van der Waals surface area contributed by atoms with Crippen molar-refractivity contribution in [2.24, 2.45) is 11.1 Å². The zero-order valence-corrected chi connectivity index (χ0v) is 13.1. The second kappa shape index (κ2) is 6.92.